The molecule has 21 heavy (non-hydrogen) atoms. The van der Waals surface area contributed by atoms with Crippen LogP contribution in [0, 0.1) is 0 Å². The van der Waals surface area contributed by atoms with Crippen molar-refractivity contribution in [3.63, 3.8) is 0 Å². The van der Waals surface area contributed by atoms with Gasteiger partial charge in [0.05, 0.1) is 4.90 Å². The average Bonchev–Trinajstić information content (AvgIpc) is 3.06. The number of hydrogen-bond acceptors (Lipinski definition) is 2. The molecule has 1 aliphatic rings. The summed E-state index contributed by atoms with van der Waals surface area (Å²) in [6, 6.07) is 7.42. The molecular weight excluding hydrogens is 284 g/mol. The van der Waals surface area contributed by atoms with Gasteiger partial charge in [0.25, 0.3) is 0 Å². The third-order valence-corrected chi connectivity index (χ3v) is 6.00. The summed E-state index contributed by atoms with van der Waals surface area (Å²) in [6.45, 7) is 7.69. The first-order valence-corrected chi connectivity index (χ1v) is 8.86. The van der Waals surface area contributed by atoms with Crippen molar-refractivity contribution in [1.82, 2.24) is 9.29 Å². The molecule has 0 aliphatic carbocycles. The summed E-state index contributed by atoms with van der Waals surface area (Å²) >= 11 is 0. The summed E-state index contributed by atoms with van der Waals surface area (Å²) < 4.78 is 26.8. The monoisotopic (exact) mass is 306 g/mol. The van der Waals surface area contributed by atoms with Crippen LogP contribution in [0.2, 0.25) is 0 Å². The van der Waals surface area contributed by atoms with Crippen LogP contribution in [0.15, 0.2) is 29.2 Å². The summed E-state index contributed by atoms with van der Waals surface area (Å²) in [5.41, 5.74) is 2.13. The Kier molecular flexibility index (Phi) is 3.37. The molecule has 1 aromatic heterocycles. The molecule has 2 heterocycles. The van der Waals surface area contributed by atoms with Gasteiger partial charge in [-0.3, -0.25) is 0 Å². The number of rotatable bonds is 2. The Morgan fingerprint density at radius 3 is 2.38 bits per heavy atom. The van der Waals surface area contributed by atoms with E-state index in [-0.39, 0.29) is 5.41 Å². The fourth-order valence-electron chi connectivity index (χ4n) is 2.75. The maximum absolute atomic E-state index is 12.6. The minimum absolute atomic E-state index is 0.0208. The summed E-state index contributed by atoms with van der Waals surface area (Å²) in [5.74, 6) is 0. The Labute approximate surface area is 126 Å². The lowest BCUT2D eigenvalue weighted by molar-refractivity contribution is 0.477. The van der Waals surface area contributed by atoms with E-state index in [1.165, 1.54) is 0 Å². The molecule has 1 aliphatic heterocycles. The van der Waals surface area contributed by atoms with E-state index in [0.717, 1.165) is 29.4 Å². The number of benzene rings is 1. The van der Waals surface area contributed by atoms with Crippen LogP contribution in [0.3, 0.4) is 0 Å². The van der Waals surface area contributed by atoms with Crippen LogP contribution in [0.1, 0.15) is 39.3 Å². The average molecular weight is 306 g/mol. The van der Waals surface area contributed by atoms with Crippen molar-refractivity contribution in [3.8, 4) is 0 Å². The van der Waals surface area contributed by atoms with E-state index in [4.69, 9.17) is 0 Å². The molecule has 0 unspecified atom stereocenters. The van der Waals surface area contributed by atoms with E-state index >= 15 is 0 Å². The Bertz CT molecular complexity index is 763. The van der Waals surface area contributed by atoms with Gasteiger partial charge in [-0.15, -0.1) is 0 Å². The molecule has 3 rings (SSSR count). The normalized spacial score (nSPS) is 17.7. The van der Waals surface area contributed by atoms with Gasteiger partial charge in [0.15, 0.2) is 0 Å². The standard InChI is InChI=1S/C16H22N2O2S/c1-16(2,3)15-11-12-10-13(6-7-14(12)17-15)21(19,20)18-8-4-5-9-18/h6-7,10-11,17H,4-5,8-9H2,1-3H3. The van der Waals surface area contributed by atoms with Gasteiger partial charge in [-0.05, 0) is 37.1 Å². The van der Waals surface area contributed by atoms with E-state index in [9.17, 15) is 8.42 Å². The third-order valence-electron chi connectivity index (χ3n) is 4.10. The molecule has 0 radical (unpaired) electrons. The van der Waals surface area contributed by atoms with Gasteiger partial charge in [0.2, 0.25) is 10.0 Å². The third kappa shape index (κ3) is 2.60. The minimum Gasteiger partial charge on any atom is -0.358 e. The highest BCUT2D eigenvalue weighted by atomic mass is 32.2. The highest BCUT2D eigenvalue weighted by Gasteiger charge is 2.27. The van der Waals surface area contributed by atoms with Crippen molar-refractivity contribution in [2.45, 2.75) is 43.9 Å². The number of sulfonamides is 1. The summed E-state index contributed by atoms with van der Waals surface area (Å²) in [7, 11) is -3.34. The van der Waals surface area contributed by atoms with Crippen molar-refractivity contribution >= 4 is 20.9 Å². The van der Waals surface area contributed by atoms with Crippen molar-refractivity contribution < 1.29 is 8.42 Å². The quantitative estimate of drug-likeness (QED) is 0.926. The molecule has 0 amide bonds. The Hall–Kier alpha value is -1.33. The maximum Gasteiger partial charge on any atom is 0.243 e. The van der Waals surface area contributed by atoms with Gasteiger partial charge in [-0.25, -0.2) is 8.42 Å². The Morgan fingerprint density at radius 1 is 1.10 bits per heavy atom. The molecule has 1 N–H and O–H groups in total. The topological polar surface area (TPSA) is 53.2 Å². The fraction of sp³-hybridized carbons (Fsp3) is 0.500. The molecule has 114 valence electrons. The largest absolute Gasteiger partial charge is 0.358 e. The predicted octanol–water partition coefficient (Wildman–Crippen LogP) is 3.25. The molecule has 1 aromatic carbocycles. The fourth-order valence-corrected chi connectivity index (χ4v) is 4.31. The second kappa shape index (κ2) is 4.85. The lowest BCUT2D eigenvalue weighted by atomic mass is 9.92. The molecule has 0 bridgehead atoms. The molecule has 0 atom stereocenters. The first kappa shape index (κ1) is 14.6. The van der Waals surface area contributed by atoms with Crippen LogP contribution in [0.5, 0.6) is 0 Å². The van der Waals surface area contributed by atoms with Gasteiger partial charge in [0.1, 0.15) is 0 Å². The predicted molar refractivity (Wildman–Crippen MR) is 85.0 cm³/mol. The van der Waals surface area contributed by atoms with Gasteiger partial charge in [-0.1, -0.05) is 20.8 Å². The van der Waals surface area contributed by atoms with Crippen LogP contribution in [-0.2, 0) is 15.4 Å². The number of nitrogens with one attached hydrogen (secondary N) is 1. The van der Waals surface area contributed by atoms with Crippen molar-refractivity contribution in [1.29, 1.82) is 0 Å². The zero-order valence-electron chi connectivity index (χ0n) is 12.8. The van der Waals surface area contributed by atoms with Crippen LogP contribution in [0.4, 0.5) is 0 Å². The number of fused-ring (bicyclic) bond motifs is 1. The van der Waals surface area contributed by atoms with Crippen LogP contribution in [-0.4, -0.2) is 30.8 Å². The first-order chi connectivity index (χ1) is 9.78. The molecule has 2 aromatic rings. The highest BCUT2D eigenvalue weighted by molar-refractivity contribution is 7.89. The molecule has 1 fully saturated rings. The first-order valence-electron chi connectivity index (χ1n) is 7.42. The second-order valence-corrected chi connectivity index (χ2v) is 8.73. The second-order valence-electron chi connectivity index (χ2n) is 6.79. The molecule has 0 spiro atoms. The zero-order valence-corrected chi connectivity index (χ0v) is 13.6. The summed E-state index contributed by atoms with van der Waals surface area (Å²) in [6.07, 6.45) is 1.92. The lowest BCUT2D eigenvalue weighted by Gasteiger charge is -2.15. The Morgan fingerprint density at radius 2 is 1.76 bits per heavy atom. The van der Waals surface area contributed by atoms with Crippen LogP contribution in [0.25, 0.3) is 10.9 Å². The number of nitrogens with zero attached hydrogens (tertiary/aromatic N) is 1. The summed E-state index contributed by atoms with van der Waals surface area (Å²) in [5, 5.41) is 0.959. The highest BCUT2D eigenvalue weighted by Crippen LogP contribution is 2.28. The number of aromatic amines is 1. The minimum atomic E-state index is -3.34. The van der Waals surface area contributed by atoms with Crippen molar-refractivity contribution in [2.24, 2.45) is 0 Å². The maximum atomic E-state index is 12.6. The van der Waals surface area contributed by atoms with Crippen LogP contribution < -0.4 is 0 Å². The van der Waals surface area contributed by atoms with E-state index in [1.807, 2.05) is 6.07 Å². The Balaban J connectivity index is 2.05. The van der Waals surface area contributed by atoms with Crippen LogP contribution >= 0.6 is 0 Å². The molecule has 0 saturated carbocycles. The van der Waals surface area contributed by atoms with Crippen molar-refractivity contribution in [3.05, 3.63) is 30.0 Å². The van der Waals surface area contributed by atoms with E-state index in [0.29, 0.717) is 18.0 Å². The van der Waals surface area contributed by atoms with Crippen molar-refractivity contribution in [2.75, 3.05) is 13.1 Å². The molecule has 4 nitrogen and oxygen atoms in total. The SMILES string of the molecule is CC(C)(C)c1cc2cc(S(=O)(=O)N3CCCC3)ccc2[nH]1. The van der Waals surface area contributed by atoms with Gasteiger partial charge in [-0.2, -0.15) is 4.31 Å². The zero-order chi connectivity index (χ0) is 15.3. The van der Waals surface area contributed by atoms with E-state index in [1.54, 1.807) is 16.4 Å². The molecular formula is C16H22N2O2S. The van der Waals surface area contributed by atoms with Gasteiger partial charge < -0.3 is 4.98 Å². The lowest BCUT2D eigenvalue weighted by Crippen LogP contribution is -2.27. The smallest absolute Gasteiger partial charge is 0.243 e. The number of hydrogen-bond donors (Lipinski definition) is 1. The number of H-pyrrole nitrogens is 1. The molecule has 5 heteroatoms. The number of aromatic nitrogens is 1. The van der Waals surface area contributed by atoms with Gasteiger partial charge in [0, 0.05) is 35.1 Å². The van der Waals surface area contributed by atoms with E-state index in [2.05, 4.69) is 31.8 Å². The summed E-state index contributed by atoms with van der Waals surface area (Å²) in [4.78, 5) is 3.77. The molecule has 1 saturated heterocycles. The van der Waals surface area contributed by atoms with Gasteiger partial charge >= 0.3 is 0 Å². The van der Waals surface area contributed by atoms with E-state index < -0.39 is 10.0 Å².